The number of rotatable bonds is 6. The van der Waals surface area contributed by atoms with Gasteiger partial charge in [-0.2, -0.15) is 18.2 Å². The highest BCUT2D eigenvalue weighted by atomic mass is 35.5. The molecular weight excluding hydrogens is 285 g/mol. The summed E-state index contributed by atoms with van der Waals surface area (Å²) in [5.74, 6) is 0.158. The molecule has 0 bridgehead atoms. The van der Waals surface area contributed by atoms with Crippen molar-refractivity contribution in [3.05, 3.63) is 17.0 Å². The Labute approximate surface area is 113 Å². The average Bonchev–Trinajstić information content (AvgIpc) is 2.26. The fourth-order valence-electron chi connectivity index (χ4n) is 1.14. The first-order valence-corrected chi connectivity index (χ1v) is 5.99. The molecule has 1 rings (SSSR count). The summed E-state index contributed by atoms with van der Waals surface area (Å²) in [6, 6.07) is 0.703. The van der Waals surface area contributed by atoms with Crippen LogP contribution >= 0.6 is 11.6 Å². The van der Waals surface area contributed by atoms with Gasteiger partial charge in [0.1, 0.15) is 6.61 Å². The third-order valence-electron chi connectivity index (χ3n) is 1.89. The van der Waals surface area contributed by atoms with Crippen molar-refractivity contribution in [2.24, 2.45) is 5.92 Å². The molecule has 1 aromatic rings. The second-order valence-electron chi connectivity index (χ2n) is 4.18. The summed E-state index contributed by atoms with van der Waals surface area (Å²) < 4.78 is 47.6. The second kappa shape index (κ2) is 6.91. The smallest absolute Gasteiger partial charge is 0.433 e. The Morgan fingerprint density at radius 1 is 1.26 bits per heavy atom. The van der Waals surface area contributed by atoms with Gasteiger partial charge in [0, 0.05) is 12.7 Å². The summed E-state index contributed by atoms with van der Waals surface area (Å²) in [5, 5.41) is -0.507. The molecule has 1 aromatic heterocycles. The van der Waals surface area contributed by atoms with Crippen molar-refractivity contribution in [1.82, 2.24) is 9.97 Å². The third-order valence-corrected chi connectivity index (χ3v) is 2.06. The number of ether oxygens (including phenoxy) is 2. The van der Waals surface area contributed by atoms with E-state index in [9.17, 15) is 13.2 Å². The van der Waals surface area contributed by atoms with Crippen molar-refractivity contribution < 1.29 is 22.6 Å². The number of alkyl halides is 3. The number of hydrogen-bond donors (Lipinski definition) is 0. The lowest BCUT2D eigenvalue weighted by atomic mass is 10.2. The monoisotopic (exact) mass is 298 g/mol. The van der Waals surface area contributed by atoms with Crippen molar-refractivity contribution in [1.29, 1.82) is 0 Å². The molecule has 4 nitrogen and oxygen atoms in total. The Balaban J connectivity index is 2.52. The Hall–Kier alpha value is -1.08. The molecule has 0 aliphatic carbocycles. The van der Waals surface area contributed by atoms with Gasteiger partial charge in [-0.25, -0.2) is 4.98 Å². The molecule has 19 heavy (non-hydrogen) atoms. The van der Waals surface area contributed by atoms with Gasteiger partial charge in [-0.3, -0.25) is 0 Å². The average molecular weight is 299 g/mol. The number of halogens is 4. The van der Waals surface area contributed by atoms with Crippen molar-refractivity contribution in [3.63, 3.8) is 0 Å². The standard InChI is InChI=1S/C11H14ClF3N2O2/c1-7(2)6-18-3-4-19-9-5-8(11(13,14)15)16-10(12)17-9/h5,7H,3-4,6H2,1-2H3. The van der Waals surface area contributed by atoms with Crippen LogP contribution in [0.5, 0.6) is 5.88 Å². The van der Waals surface area contributed by atoms with Gasteiger partial charge >= 0.3 is 6.18 Å². The quantitative estimate of drug-likeness (QED) is 0.597. The molecule has 0 aliphatic heterocycles. The number of nitrogens with zero attached hydrogens (tertiary/aromatic N) is 2. The van der Waals surface area contributed by atoms with E-state index in [4.69, 9.17) is 21.1 Å². The molecule has 0 aromatic carbocycles. The van der Waals surface area contributed by atoms with E-state index in [0.717, 1.165) is 0 Å². The minimum absolute atomic E-state index is 0.0946. The molecular formula is C11H14ClF3N2O2. The highest BCUT2D eigenvalue weighted by Crippen LogP contribution is 2.30. The highest BCUT2D eigenvalue weighted by molar-refractivity contribution is 6.28. The van der Waals surface area contributed by atoms with Gasteiger partial charge < -0.3 is 9.47 Å². The molecule has 108 valence electrons. The lowest BCUT2D eigenvalue weighted by molar-refractivity contribution is -0.141. The van der Waals surface area contributed by atoms with Gasteiger partial charge in [0.15, 0.2) is 5.69 Å². The van der Waals surface area contributed by atoms with E-state index in [1.54, 1.807) is 0 Å². The zero-order chi connectivity index (χ0) is 14.5. The van der Waals surface area contributed by atoms with Crippen LogP contribution < -0.4 is 4.74 Å². The van der Waals surface area contributed by atoms with Crippen LogP contribution in [0.15, 0.2) is 6.07 Å². The van der Waals surface area contributed by atoms with E-state index >= 15 is 0 Å². The number of aromatic nitrogens is 2. The molecule has 8 heteroatoms. The highest BCUT2D eigenvalue weighted by Gasteiger charge is 2.33. The predicted molar refractivity (Wildman–Crippen MR) is 63.2 cm³/mol. The van der Waals surface area contributed by atoms with Crippen LogP contribution in [-0.4, -0.2) is 29.8 Å². The lowest BCUT2D eigenvalue weighted by Crippen LogP contribution is -2.13. The third kappa shape index (κ3) is 6.07. The summed E-state index contributed by atoms with van der Waals surface area (Å²) in [7, 11) is 0. The van der Waals surface area contributed by atoms with E-state index in [1.165, 1.54) is 0 Å². The predicted octanol–water partition coefficient (Wildman–Crippen LogP) is 3.20. The molecule has 1 heterocycles. The maximum Gasteiger partial charge on any atom is 0.433 e. The fraction of sp³-hybridized carbons (Fsp3) is 0.636. The number of hydrogen-bond acceptors (Lipinski definition) is 4. The van der Waals surface area contributed by atoms with Crippen molar-refractivity contribution in [2.75, 3.05) is 19.8 Å². The summed E-state index contributed by atoms with van der Waals surface area (Å²) in [5.41, 5.74) is -1.13. The van der Waals surface area contributed by atoms with Crippen LogP contribution in [0.4, 0.5) is 13.2 Å². The minimum Gasteiger partial charge on any atom is -0.475 e. The summed E-state index contributed by atoms with van der Waals surface area (Å²) in [4.78, 5) is 6.65. The van der Waals surface area contributed by atoms with Crippen molar-refractivity contribution in [2.45, 2.75) is 20.0 Å². The van der Waals surface area contributed by atoms with Gasteiger partial charge in [-0.05, 0) is 17.5 Å². The van der Waals surface area contributed by atoms with E-state index in [-0.39, 0.29) is 19.1 Å². The minimum atomic E-state index is -4.58. The Kier molecular flexibility index (Phi) is 5.81. The van der Waals surface area contributed by atoms with E-state index in [2.05, 4.69) is 9.97 Å². The van der Waals surface area contributed by atoms with Crippen molar-refractivity contribution in [3.8, 4) is 5.88 Å². The van der Waals surface area contributed by atoms with Crippen LogP contribution in [0, 0.1) is 5.92 Å². The molecule has 0 spiro atoms. The second-order valence-corrected chi connectivity index (χ2v) is 4.51. The maximum absolute atomic E-state index is 12.5. The first-order valence-electron chi connectivity index (χ1n) is 5.61. The van der Waals surface area contributed by atoms with Crippen LogP contribution in [0.25, 0.3) is 0 Å². The summed E-state index contributed by atoms with van der Waals surface area (Å²) >= 11 is 5.40. The molecule has 0 amide bonds. The SMILES string of the molecule is CC(C)COCCOc1cc(C(F)(F)F)nc(Cl)n1. The zero-order valence-corrected chi connectivity index (χ0v) is 11.3. The zero-order valence-electron chi connectivity index (χ0n) is 10.5. The molecule has 0 saturated carbocycles. The van der Waals surface area contributed by atoms with Gasteiger partial charge in [-0.1, -0.05) is 13.8 Å². The first kappa shape index (κ1) is 16.0. The molecule has 0 saturated heterocycles. The Morgan fingerprint density at radius 3 is 2.53 bits per heavy atom. The van der Waals surface area contributed by atoms with Gasteiger partial charge in [0.2, 0.25) is 11.2 Å². The van der Waals surface area contributed by atoms with Crippen molar-refractivity contribution >= 4 is 11.6 Å². The van der Waals surface area contributed by atoms with E-state index in [1.807, 2.05) is 13.8 Å². The molecule has 0 radical (unpaired) electrons. The van der Waals surface area contributed by atoms with Gasteiger partial charge in [-0.15, -0.1) is 0 Å². The summed E-state index contributed by atoms with van der Waals surface area (Å²) in [6.45, 7) is 4.89. The van der Waals surface area contributed by atoms with Gasteiger partial charge in [0.05, 0.1) is 6.61 Å². The molecule has 0 N–H and O–H groups in total. The molecule has 0 unspecified atom stereocenters. The first-order chi connectivity index (χ1) is 8.79. The topological polar surface area (TPSA) is 44.2 Å². The van der Waals surface area contributed by atoms with Crippen LogP contribution in [-0.2, 0) is 10.9 Å². The van der Waals surface area contributed by atoms with Crippen LogP contribution in [0.3, 0.4) is 0 Å². The normalized spacial score (nSPS) is 11.9. The van der Waals surface area contributed by atoms with Gasteiger partial charge in [0.25, 0.3) is 0 Å². The van der Waals surface area contributed by atoms with Crippen LogP contribution in [0.2, 0.25) is 5.28 Å². The molecule has 0 aliphatic rings. The largest absolute Gasteiger partial charge is 0.475 e. The lowest BCUT2D eigenvalue weighted by Gasteiger charge is -2.10. The summed E-state index contributed by atoms with van der Waals surface area (Å²) in [6.07, 6.45) is -4.58. The molecule has 0 fully saturated rings. The maximum atomic E-state index is 12.5. The fourth-order valence-corrected chi connectivity index (χ4v) is 1.31. The molecule has 0 atom stereocenters. The Morgan fingerprint density at radius 2 is 1.95 bits per heavy atom. The van der Waals surface area contributed by atoms with Crippen LogP contribution in [0.1, 0.15) is 19.5 Å². The van der Waals surface area contributed by atoms with E-state index in [0.29, 0.717) is 18.6 Å². The Bertz CT molecular complexity index is 413. The van der Waals surface area contributed by atoms with E-state index < -0.39 is 17.2 Å².